The number of anilines is 1. The summed E-state index contributed by atoms with van der Waals surface area (Å²) < 4.78 is 1.41. The summed E-state index contributed by atoms with van der Waals surface area (Å²) in [5, 5.41) is 3.16. The Morgan fingerprint density at radius 1 is 1.31 bits per heavy atom. The van der Waals surface area contributed by atoms with Crippen molar-refractivity contribution in [1.29, 1.82) is 0 Å². The maximum atomic E-state index is 12.5. The highest BCUT2D eigenvalue weighted by atomic mass is 32.2. The number of thioether (sulfide) groups is 1. The number of pyridine rings is 2. The molecule has 7 heteroatoms. The number of carbonyl (C=O) groups excluding carboxylic acids is 1. The first kappa shape index (κ1) is 20.0. The van der Waals surface area contributed by atoms with E-state index < -0.39 is 0 Å². The molecule has 0 aliphatic carbocycles. The molecule has 3 N–H and O–H groups in total. The van der Waals surface area contributed by atoms with E-state index in [0.717, 1.165) is 27.5 Å². The van der Waals surface area contributed by atoms with Crippen molar-refractivity contribution in [3.63, 3.8) is 0 Å². The number of nitrogens with two attached hydrogens (primary N) is 1. The van der Waals surface area contributed by atoms with E-state index in [1.807, 2.05) is 52.8 Å². The van der Waals surface area contributed by atoms with Gasteiger partial charge in [0.1, 0.15) is 12.2 Å². The molecule has 1 amide bonds. The Kier molecular flexibility index (Phi) is 6.47. The van der Waals surface area contributed by atoms with Gasteiger partial charge in [0, 0.05) is 33.8 Å². The van der Waals surface area contributed by atoms with Crippen LogP contribution in [0.15, 0.2) is 27.9 Å². The number of nitrogens with zero attached hydrogens (tertiary/aromatic N) is 2. The second-order valence-corrected chi connectivity index (χ2v) is 8.21. The monoisotopic (exact) mass is 374 g/mol. The Balaban J connectivity index is 2.11. The summed E-state index contributed by atoms with van der Waals surface area (Å²) in [6.45, 7) is 10.1. The highest BCUT2D eigenvalue weighted by Gasteiger charge is 2.14. The summed E-state index contributed by atoms with van der Waals surface area (Å²) in [5.41, 5.74) is 9.35. The third-order valence-electron chi connectivity index (χ3n) is 3.98. The van der Waals surface area contributed by atoms with Gasteiger partial charge in [0.15, 0.2) is 0 Å². The zero-order valence-electron chi connectivity index (χ0n) is 15.9. The fourth-order valence-corrected chi connectivity index (χ4v) is 3.56. The summed E-state index contributed by atoms with van der Waals surface area (Å²) in [6.07, 6.45) is 0. The van der Waals surface area contributed by atoms with Gasteiger partial charge in [-0.25, -0.2) is 0 Å². The number of amides is 1. The number of carbonyl (C=O) groups is 1. The molecule has 0 radical (unpaired) electrons. The van der Waals surface area contributed by atoms with Gasteiger partial charge in [0.2, 0.25) is 5.91 Å². The van der Waals surface area contributed by atoms with Crippen molar-refractivity contribution in [3.05, 3.63) is 51.2 Å². The van der Waals surface area contributed by atoms with Crippen LogP contribution in [-0.2, 0) is 17.9 Å². The summed E-state index contributed by atoms with van der Waals surface area (Å²) in [4.78, 5) is 30.0. The lowest BCUT2D eigenvalue weighted by Crippen LogP contribution is -2.34. The third kappa shape index (κ3) is 4.88. The number of hydrogen-bond acceptors (Lipinski definition) is 5. The van der Waals surface area contributed by atoms with Crippen molar-refractivity contribution in [1.82, 2.24) is 14.9 Å². The van der Waals surface area contributed by atoms with Crippen LogP contribution in [0.1, 0.15) is 36.5 Å². The van der Waals surface area contributed by atoms with E-state index in [0.29, 0.717) is 11.8 Å². The minimum atomic E-state index is -0.323. The number of aryl methyl sites for hydroxylation is 3. The SMILES string of the molecule is Cc1ccc(CNC(=O)Cn2c(C)cc(SC(C)C)c(N)c2=O)c(C)n1. The number of nitrogens with one attached hydrogen (secondary N) is 1. The average molecular weight is 375 g/mol. The van der Waals surface area contributed by atoms with Crippen LogP contribution in [0.25, 0.3) is 0 Å². The van der Waals surface area contributed by atoms with E-state index in [-0.39, 0.29) is 23.7 Å². The second-order valence-electron chi connectivity index (χ2n) is 6.60. The molecule has 2 heterocycles. The first-order chi connectivity index (χ1) is 12.2. The molecule has 140 valence electrons. The quantitative estimate of drug-likeness (QED) is 0.759. The fraction of sp³-hybridized carbons (Fsp3) is 0.421. The summed E-state index contributed by atoms with van der Waals surface area (Å²) in [6, 6.07) is 5.73. The van der Waals surface area contributed by atoms with Gasteiger partial charge in [-0.15, -0.1) is 11.8 Å². The zero-order valence-corrected chi connectivity index (χ0v) is 16.7. The van der Waals surface area contributed by atoms with E-state index >= 15 is 0 Å². The second kappa shape index (κ2) is 8.40. The smallest absolute Gasteiger partial charge is 0.275 e. The zero-order chi connectivity index (χ0) is 19.4. The lowest BCUT2D eigenvalue weighted by molar-refractivity contribution is -0.121. The Hall–Kier alpha value is -2.28. The largest absolute Gasteiger partial charge is 0.393 e. The first-order valence-electron chi connectivity index (χ1n) is 8.55. The lowest BCUT2D eigenvalue weighted by Gasteiger charge is -2.15. The van der Waals surface area contributed by atoms with E-state index in [4.69, 9.17) is 5.73 Å². The van der Waals surface area contributed by atoms with E-state index in [2.05, 4.69) is 10.3 Å². The van der Waals surface area contributed by atoms with Crippen LogP contribution in [0.4, 0.5) is 5.69 Å². The van der Waals surface area contributed by atoms with E-state index in [1.54, 1.807) is 11.8 Å². The summed E-state index contributed by atoms with van der Waals surface area (Å²) in [5.74, 6) is -0.237. The molecule has 2 aromatic rings. The normalized spacial score (nSPS) is 11.0. The van der Waals surface area contributed by atoms with Gasteiger partial charge in [0.05, 0.1) is 0 Å². The molecule has 6 nitrogen and oxygen atoms in total. The van der Waals surface area contributed by atoms with Gasteiger partial charge in [-0.1, -0.05) is 19.9 Å². The molecule has 0 aromatic carbocycles. The predicted octanol–water partition coefficient (Wildman–Crippen LogP) is 2.57. The molecule has 0 spiro atoms. The van der Waals surface area contributed by atoms with Crippen molar-refractivity contribution >= 4 is 23.4 Å². The standard InChI is InChI=1S/C19H26N4O2S/c1-11(2)26-16-8-13(4)23(19(25)18(16)20)10-17(24)21-9-15-7-6-12(3)22-14(15)5/h6-8,11H,9-10,20H2,1-5H3,(H,21,24). The highest BCUT2D eigenvalue weighted by Crippen LogP contribution is 2.27. The molecule has 2 aromatic heterocycles. The van der Waals surface area contributed by atoms with Crippen LogP contribution in [0.2, 0.25) is 0 Å². The van der Waals surface area contributed by atoms with E-state index in [9.17, 15) is 9.59 Å². The molecular weight excluding hydrogens is 348 g/mol. The van der Waals surface area contributed by atoms with Crippen molar-refractivity contribution in [2.24, 2.45) is 0 Å². The lowest BCUT2D eigenvalue weighted by atomic mass is 10.2. The van der Waals surface area contributed by atoms with E-state index in [1.165, 1.54) is 4.57 Å². The average Bonchev–Trinajstić information content (AvgIpc) is 2.55. The number of nitrogen functional groups attached to an aromatic ring is 1. The van der Waals surface area contributed by atoms with Gasteiger partial charge >= 0.3 is 0 Å². The van der Waals surface area contributed by atoms with Gasteiger partial charge < -0.3 is 15.6 Å². The maximum absolute atomic E-state index is 12.5. The van der Waals surface area contributed by atoms with Crippen LogP contribution in [-0.4, -0.2) is 20.7 Å². The van der Waals surface area contributed by atoms with Gasteiger partial charge in [-0.05, 0) is 38.5 Å². The number of hydrogen-bond donors (Lipinski definition) is 2. The van der Waals surface area contributed by atoms with Crippen LogP contribution in [0.3, 0.4) is 0 Å². The van der Waals surface area contributed by atoms with Crippen molar-refractivity contribution in [2.75, 3.05) is 5.73 Å². The molecule has 0 aliphatic rings. The van der Waals surface area contributed by atoms with Crippen molar-refractivity contribution < 1.29 is 4.79 Å². The van der Waals surface area contributed by atoms with Crippen molar-refractivity contribution in [3.8, 4) is 0 Å². The molecule has 0 atom stereocenters. The van der Waals surface area contributed by atoms with Crippen LogP contribution in [0.5, 0.6) is 0 Å². The van der Waals surface area contributed by atoms with Gasteiger partial charge in [0.25, 0.3) is 5.56 Å². The minimum Gasteiger partial charge on any atom is -0.393 e. The molecule has 0 aliphatic heterocycles. The topological polar surface area (TPSA) is 90.0 Å². The van der Waals surface area contributed by atoms with Crippen LogP contribution in [0, 0.1) is 20.8 Å². The molecule has 0 fully saturated rings. The van der Waals surface area contributed by atoms with Gasteiger partial charge in [-0.2, -0.15) is 0 Å². The maximum Gasteiger partial charge on any atom is 0.275 e. The third-order valence-corrected chi connectivity index (χ3v) is 5.04. The number of aromatic nitrogens is 2. The molecule has 0 unspecified atom stereocenters. The molecule has 0 saturated heterocycles. The predicted molar refractivity (Wildman–Crippen MR) is 106 cm³/mol. The molecule has 26 heavy (non-hydrogen) atoms. The Morgan fingerprint density at radius 2 is 2.00 bits per heavy atom. The molecule has 0 saturated carbocycles. The molecule has 2 rings (SSSR count). The molecular formula is C19H26N4O2S. The Morgan fingerprint density at radius 3 is 2.62 bits per heavy atom. The molecule has 0 bridgehead atoms. The van der Waals surface area contributed by atoms with Crippen LogP contribution >= 0.6 is 11.8 Å². The van der Waals surface area contributed by atoms with Gasteiger partial charge in [-0.3, -0.25) is 14.6 Å². The number of rotatable bonds is 6. The minimum absolute atomic E-state index is 0.0557. The highest BCUT2D eigenvalue weighted by molar-refractivity contribution is 8.00. The fourth-order valence-electron chi connectivity index (χ4n) is 2.60. The summed E-state index contributed by atoms with van der Waals surface area (Å²) >= 11 is 1.55. The summed E-state index contributed by atoms with van der Waals surface area (Å²) in [7, 11) is 0. The Labute approximate surface area is 158 Å². The van der Waals surface area contributed by atoms with Crippen molar-refractivity contribution in [2.45, 2.75) is 57.9 Å². The Bertz CT molecular complexity index is 875. The van der Waals surface area contributed by atoms with Crippen LogP contribution < -0.4 is 16.6 Å². The first-order valence-corrected chi connectivity index (χ1v) is 9.43.